The second-order valence-corrected chi connectivity index (χ2v) is 10.9. The van der Waals surface area contributed by atoms with Crippen molar-refractivity contribution in [3.05, 3.63) is 96.3 Å². The van der Waals surface area contributed by atoms with Crippen LogP contribution in [0.3, 0.4) is 0 Å². The summed E-state index contributed by atoms with van der Waals surface area (Å²) in [6, 6.07) is 27.1. The van der Waals surface area contributed by atoms with Gasteiger partial charge in [0.15, 0.2) is 0 Å². The van der Waals surface area contributed by atoms with Crippen molar-refractivity contribution in [2.45, 2.75) is 18.7 Å². The van der Waals surface area contributed by atoms with E-state index in [4.69, 9.17) is 0 Å². The molecule has 7 nitrogen and oxygen atoms in total. The molecule has 0 spiro atoms. The highest BCUT2D eigenvalue weighted by Gasteiger charge is 2.29. The first kappa shape index (κ1) is 24.0. The van der Waals surface area contributed by atoms with Gasteiger partial charge in [-0.05, 0) is 49.2 Å². The minimum atomic E-state index is -3.57. The van der Waals surface area contributed by atoms with E-state index in [1.54, 1.807) is 16.4 Å². The fraction of sp³-hybridized carbons (Fsp3) is 0.214. The highest BCUT2D eigenvalue weighted by atomic mass is 32.2. The van der Waals surface area contributed by atoms with Gasteiger partial charge in [-0.15, -0.1) is 0 Å². The Bertz CT molecular complexity index is 1430. The van der Waals surface area contributed by atoms with Crippen molar-refractivity contribution in [2.75, 3.05) is 36.4 Å². The lowest BCUT2D eigenvalue weighted by Gasteiger charge is -2.34. The van der Waals surface area contributed by atoms with Gasteiger partial charge in [0.05, 0.1) is 4.90 Å². The lowest BCUT2D eigenvalue weighted by Crippen LogP contribution is -2.49. The summed E-state index contributed by atoms with van der Waals surface area (Å²) in [5, 5.41) is 3.34. The van der Waals surface area contributed by atoms with Crippen molar-refractivity contribution in [2.24, 2.45) is 0 Å². The Labute approximate surface area is 212 Å². The fourth-order valence-corrected chi connectivity index (χ4v) is 5.74. The van der Waals surface area contributed by atoms with E-state index < -0.39 is 10.0 Å². The molecule has 1 aromatic heterocycles. The summed E-state index contributed by atoms with van der Waals surface area (Å²) in [6.45, 7) is 5.82. The molecule has 5 rings (SSSR count). The SMILES string of the molecule is Cc1ccc(Nc2cc(N3CCN(S(=O)(=O)c4ccc(-c5ccccc5)cc4)CC3)nc(C)n2)cc1. The van der Waals surface area contributed by atoms with Gasteiger partial charge in [0.25, 0.3) is 0 Å². The predicted molar refractivity (Wildman–Crippen MR) is 144 cm³/mol. The third kappa shape index (κ3) is 5.24. The zero-order valence-electron chi connectivity index (χ0n) is 20.4. The van der Waals surface area contributed by atoms with Crippen LogP contribution >= 0.6 is 0 Å². The molecule has 1 N–H and O–H groups in total. The van der Waals surface area contributed by atoms with Crippen LogP contribution in [0.1, 0.15) is 11.4 Å². The quantitative estimate of drug-likeness (QED) is 0.402. The van der Waals surface area contributed by atoms with Crippen molar-refractivity contribution >= 4 is 27.3 Å². The Balaban J connectivity index is 1.26. The van der Waals surface area contributed by atoms with E-state index in [9.17, 15) is 8.42 Å². The molecule has 4 aromatic rings. The summed E-state index contributed by atoms with van der Waals surface area (Å²) in [4.78, 5) is 11.5. The van der Waals surface area contributed by atoms with Gasteiger partial charge in [0.2, 0.25) is 10.0 Å². The smallest absolute Gasteiger partial charge is 0.243 e. The van der Waals surface area contributed by atoms with Crippen molar-refractivity contribution in [3.63, 3.8) is 0 Å². The molecule has 1 aliphatic rings. The molecular weight excluding hydrogens is 470 g/mol. The maximum atomic E-state index is 13.3. The molecule has 0 radical (unpaired) electrons. The van der Waals surface area contributed by atoms with E-state index in [0.717, 1.165) is 28.5 Å². The molecule has 0 aliphatic carbocycles. The molecule has 1 fully saturated rings. The number of hydrogen-bond donors (Lipinski definition) is 1. The number of aryl methyl sites for hydroxylation is 2. The lowest BCUT2D eigenvalue weighted by atomic mass is 10.1. The number of hydrogen-bond acceptors (Lipinski definition) is 6. The number of nitrogens with zero attached hydrogens (tertiary/aromatic N) is 4. The molecule has 184 valence electrons. The summed E-state index contributed by atoms with van der Waals surface area (Å²) in [6.07, 6.45) is 0. The van der Waals surface area contributed by atoms with Crippen molar-refractivity contribution < 1.29 is 8.42 Å². The first-order valence-electron chi connectivity index (χ1n) is 12.0. The molecule has 36 heavy (non-hydrogen) atoms. The molecule has 0 amide bonds. The molecule has 0 unspecified atom stereocenters. The minimum absolute atomic E-state index is 0.318. The van der Waals surface area contributed by atoms with Gasteiger partial charge in [0.1, 0.15) is 17.5 Å². The summed E-state index contributed by atoms with van der Waals surface area (Å²) in [5.41, 5.74) is 4.21. The number of nitrogens with one attached hydrogen (secondary N) is 1. The standard InChI is InChI=1S/C28H29N5O2S/c1-21-8-12-25(13-9-21)31-27-20-28(30-22(2)29-27)32-16-18-33(19-17-32)36(34,35)26-14-10-24(11-15-26)23-6-4-3-5-7-23/h3-15,20H,16-19H2,1-2H3,(H,29,30,31). The van der Waals surface area contributed by atoms with Crippen LogP contribution in [0.25, 0.3) is 11.1 Å². The van der Waals surface area contributed by atoms with Gasteiger partial charge in [-0.25, -0.2) is 18.4 Å². The van der Waals surface area contributed by atoms with E-state index in [2.05, 4.69) is 27.1 Å². The average molecular weight is 500 g/mol. The monoisotopic (exact) mass is 499 g/mol. The number of piperazine rings is 1. The number of rotatable bonds is 6. The fourth-order valence-electron chi connectivity index (χ4n) is 4.32. The molecule has 2 heterocycles. The largest absolute Gasteiger partial charge is 0.354 e. The molecule has 0 atom stereocenters. The topological polar surface area (TPSA) is 78.4 Å². The summed E-state index contributed by atoms with van der Waals surface area (Å²) < 4.78 is 28.1. The number of benzene rings is 3. The van der Waals surface area contributed by atoms with E-state index in [1.165, 1.54) is 5.56 Å². The molecule has 0 saturated carbocycles. The lowest BCUT2D eigenvalue weighted by molar-refractivity contribution is 0.383. The molecule has 1 saturated heterocycles. The molecule has 8 heteroatoms. The minimum Gasteiger partial charge on any atom is -0.354 e. The molecule has 1 aliphatic heterocycles. The average Bonchev–Trinajstić information content (AvgIpc) is 2.90. The van der Waals surface area contributed by atoms with Crippen LogP contribution in [0.15, 0.2) is 89.8 Å². The third-order valence-corrected chi connectivity index (χ3v) is 8.22. The summed E-state index contributed by atoms with van der Waals surface area (Å²) in [5.74, 6) is 2.17. The zero-order valence-corrected chi connectivity index (χ0v) is 21.2. The molecule has 3 aromatic carbocycles. The van der Waals surface area contributed by atoms with E-state index in [-0.39, 0.29) is 0 Å². The maximum absolute atomic E-state index is 13.3. The van der Waals surface area contributed by atoms with Crippen molar-refractivity contribution in [3.8, 4) is 11.1 Å². The van der Waals surface area contributed by atoms with Gasteiger partial charge < -0.3 is 10.2 Å². The van der Waals surface area contributed by atoms with Gasteiger partial charge in [-0.1, -0.05) is 60.2 Å². The van der Waals surface area contributed by atoms with E-state index >= 15 is 0 Å². The predicted octanol–water partition coefficient (Wildman–Crippen LogP) is 5.01. The zero-order chi connectivity index (χ0) is 25.1. The first-order valence-corrected chi connectivity index (χ1v) is 13.4. The number of aromatic nitrogens is 2. The Hall–Kier alpha value is -3.75. The Kier molecular flexibility index (Phi) is 6.71. The van der Waals surface area contributed by atoms with Crippen LogP contribution in [0, 0.1) is 13.8 Å². The van der Waals surface area contributed by atoms with Crippen LogP contribution in [-0.2, 0) is 10.0 Å². The first-order chi connectivity index (χ1) is 17.4. The van der Waals surface area contributed by atoms with Crippen molar-refractivity contribution in [1.29, 1.82) is 0 Å². The van der Waals surface area contributed by atoms with Crippen LogP contribution < -0.4 is 10.2 Å². The van der Waals surface area contributed by atoms with Crippen LogP contribution in [0.2, 0.25) is 0 Å². The number of sulfonamides is 1. The van der Waals surface area contributed by atoms with Crippen LogP contribution in [-0.4, -0.2) is 48.9 Å². The van der Waals surface area contributed by atoms with Gasteiger partial charge in [0, 0.05) is 37.9 Å². The van der Waals surface area contributed by atoms with Crippen LogP contribution in [0.4, 0.5) is 17.3 Å². The summed E-state index contributed by atoms with van der Waals surface area (Å²) >= 11 is 0. The number of anilines is 3. The van der Waals surface area contributed by atoms with E-state index in [0.29, 0.717) is 36.9 Å². The highest BCUT2D eigenvalue weighted by molar-refractivity contribution is 7.89. The third-order valence-electron chi connectivity index (χ3n) is 6.31. The Morgan fingerprint density at radius 3 is 2.06 bits per heavy atom. The van der Waals surface area contributed by atoms with Crippen LogP contribution in [0.5, 0.6) is 0 Å². The highest BCUT2D eigenvalue weighted by Crippen LogP contribution is 2.25. The Morgan fingerprint density at radius 1 is 0.750 bits per heavy atom. The second-order valence-electron chi connectivity index (χ2n) is 8.93. The second kappa shape index (κ2) is 10.1. The van der Waals surface area contributed by atoms with Gasteiger partial charge in [-0.3, -0.25) is 0 Å². The maximum Gasteiger partial charge on any atom is 0.243 e. The van der Waals surface area contributed by atoms with Crippen molar-refractivity contribution in [1.82, 2.24) is 14.3 Å². The van der Waals surface area contributed by atoms with Gasteiger partial charge in [-0.2, -0.15) is 4.31 Å². The van der Waals surface area contributed by atoms with Gasteiger partial charge >= 0.3 is 0 Å². The Morgan fingerprint density at radius 2 is 1.39 bits per heavy atom. The van der Waals surface area contributed by atoms with E-state index in [1.807, 2.05) is 79.7 Å². The molecule has 0 bridgehead atoms. The normalized spacial score (nSPS) is 14.6. The molecular formula is C28H29N5O2S. The summed E-state index contributed by atoms with van der Waals surface area (Å²) in [7, 11) is -3.57.